The number of pyridine rings is 1. The van der Waals surface area contributed by atoms with Gasteiger partial charge in [0, 0.05) is 45.5 Å². The van der Waals surface area contributed by atoms with Gasteiger partial charge in [0.1, 0.15) is 0 Å². The van der Waals surface area contributed by atoms with Crippen molar-refractivity contribution in [3.8, 4) is 0 Å². The minimum absolute atomic E-state index is 0.316. The number of rotatable bonds is 0. The smallest absolute Gasteiger partial charge is 0.372 e. The van der Waals surface area contributed by atoms with E-state index in [4.69, 9.17) is 0 Å². The van der Waals surface area contributed by atoms with E-state index in [1.807, 2.05) is 11.9 Å². The Morgan fingerprint density at radius 3 is 2.67 bits per heavy atom. The highest BCUT2D eigenvalue weighted by atomic mass is 19.4. The lowest BCUT2D eigenvalue weighted by Gasteiger charge is -2.40. The van der Waals surface area contributed by atoms with Crippen LogP contribution in [0.25, 0.3) is 0 Å². The highest BCUT2D eigenvalue weighted by Gasteiger charge is 2.35. The molecule has 1 saturated heterocycles. The summed E-state index contributed by atoms with van der Waals surface area (Å²) in [6.07, 6.45) is -2.47. The Balaban J connectivity index is 2.02. The van der Waals surface area contributed by atoms with Crippen molar-refractivity contribution in [1.29, 1.82) is 0 Å². The first-order chi connectivity index (χ1) is 9.86. The molecule has 116 valence electrons. The average molecular weight is 300 g/mol. The average Bonchev–Trinajstić information content (AvgIpc) is 2.55. The number of nitrogens with zero attached hydrogens (tertiary/aromatic N) is 4. The summed E-state index contributed by atoms with van der Waals surface area (Å²) in [7, 11) is 3.91. The van der Waals surface area contributed by atoms with Crippen molar-refractivity contribution in [1.82, 2.24) is 9.88 Å². The summed E-state index contributed by atoms with van der Waals surface area (Å²) >= 11 is 0. The van der Waals surface area contributed by atoms with E-state index in [-0.39, 0.29) is 0 Å². The predicted octanol–water partition coefficient (Wildman–Crippen LogP) is 2.06. The highest BCUT2D eigenvalue weighted by molar-refractivity contribution is 5.69. The first-order valence-corrected chi connectivity index (χ1v) is 7.10. The SMILES string of the molecule is CN1CCN2c3ncc(C(F)(F)F)cc3N(C)CCC2C1. The van der Waals surface area contributed by atoms with Crippen molar-refractivity contribution in [2.24, 2.45) is 0 Å². The number of alkyl halides is 3. The molecule has 0 N–H and O–H groups in total. The summed E-state index contributed by atoms with van der Waals surface area (Å²) in [6.45, 7) is 3.38. The molecule has 0 spiro atoms. The van der Waals surface area contributed by atoms with Gasteiger partial charge in [-0.05, 0) is 19.5 Å². The Kier molecular flexibility index (Phi) is 3.47. The molecule has 0 saturated carbocycles. The van der Waals surface area contributed by atoms with Crippen LogP contribution in [0.5, 0.6) is 0 Å². The summed E-state index contributed by atoms with van der Waals surface area (Å²) in [5.41, 5.74) is -0.0995. The van der Waals surface area contributed by atoms with Gasteiger partial charge in [0.2, 0.25) is 0 Å². The van der Waals surface area contributed by atoms with Gasteiger partial charge in [-0.25, -0.2) is 4.98 Å². The van der Waals surface area contributed by atoms with Crippen LogP contribution in [0.2, 0.25) is 0 Å². The van der Waals surface area contributed by atoms with Crippen molar-refractivity contribution in [3.05, 3.63) is 17.8 Å². The van der Waals surface area contributed by atoms with Crippen LogP contribution in [0.3, 0.4) is 0 Å². The molecule has 1 aromatic heterocycles. The van der Waals surface area contributed by atoms with E-state index in [1.54, 1.807) is 0 Å². The van der Waals surface area contributed by atoms with Gasteiger partial charge >= 0.3 is 6.18 Å². The van der Waals surface area contributed by atoms with Crippen LogP contribution < -0.4 is 9.80 Å². The molecular weight excluding hydrogens is 281 g/mol. The molecule has 1 fully saturated rings. The lowest BCUT2D eigenvalue weighted by atomic mass is 10.1. The highest BCUT2D eigenvalue weighted by Crippen LogP contribution is 2.38. The van der Waals surface area contributed by atoms with Crippen molar-refractivity contribution < 1.29 is 13.2 Å². The lowest BCUT2D eigenvalue weighted by Crippen LogP contribution is -2.52. The van der Waals surface area contributed by atoms with Crippen LogP contribution in [-0.2, 0) is 6.18 Å². The van der Waals surface area contributed by atoms with Crippen molar-refractivity contribution in [2.45, 2.75) is 18.6 Å². The zero-order valence-electron chi connectivity index (χ0n) is 12.2. The van der Waals surface area contributed by atoms with E-state index in [0.717, 1.165) is 38.8 Å². The van der Waals surface area contributed by atoms with E-state index >= 15 is 0 Å². The lowest BCUT2D eigenvalue weighted by molar-refractivity contribution is -0.137. The summed E-state index contributed by atoms with van der Waals surface area (Å²) in [5, 5.41) is 0. The molecule has 0 radical (unpaired) electrons. The largest absolute Gasteiger partial charge is 0.417 e. The maximum Gasteiger partial charge on any atom is 0.417 e. The fourth-order valence-electron chi connectivity index (χ4n) is 3.10. The molecule has 1 atom stereocenters. The van der Waals surface area contributed by atoms with Crippen LogP contribution in [0.4, 0.5) is 24.7 Å². The van der Waals surface area contributed by atoms with Gasteiger partial charge in [-0.2, -0.15) is 13.2 Å². The van der Waals surface area contributed by atoms with Crippen molar-refractivity contribution in [2.75, 3.05) is 50.1 Å². The monoisotopic (exact) mass is 300 g/mol. The number of fused-ring (bicyclic) bond motifs is 3. The molecule has 2 aliphatic heterocycles. The second kappa shape index (κ2) is 5.05. The zero-order chi connectivity index (χ0) is 15.2. The fraction of sp³-hybridized carbons (Fsp3) is 0.643. The minimum Gasteiger partial charge on any atom is -0.372 e. The number of anilines is 2. The third kappa shape index (κ3) is 2.66. The molecule has 0 aromatic carbocycles. The quantitative estimate of drug-likeness (QED) is 0.731. The van der Waals surface area contributed by atoms with Crippen LogP contribution in [-0.4, -0.2) is 56.2 Å². The molecule has 0 aliphatic carbocycles. The van der Waals surface area contributed by atoms with Crippen LogP contribution in [0, 0.1) is 0 Å². The number of hydrogen-bond acceptors (Lipinski definition) is 4. The molecular formula is C14H19F3N4. The minimum atomic E-state index is -4.35. The molecule has 3 heterocycles. The van der Waals surface area contributed by atoms with Gasteiger partial charge < -0.3 is 14.7 Å². The first kappa shape index (κ1) is 14.4. The van der Waals surface area contributed by atoms with Gasteiger partial charge in [0.15, 0.2) is 5.82 Å². The zero-order valence-corrected chi connectivity index (χ0v) is 12.2. The maximum atomic E-state index is 12.9. The van der Waals surface area contributed by atoms with E-state index in [2.05, 4.69) is 21.8 Å². The van der Waals surface area contributed by atoms with Crippen LogP contribution >= 0.6 is 0 Å². The third-order valence-electron chi connectivity index (χ3n) is 4.34. The Morgan fingerprint density at radius 2 is 1.95 bits per heavy atom. The van der Waals surface area contributed by atoms with Crippen molar-refractivity contribution >= 4 is 11.5 Å². The van der Waals surface area contributed by atoms with E-state index in [9.17, 15) is 13.2 Å². The van der Waals surface area contributed by atoms with E-state index < -0.39 is 11.7 Å². The van der Waals surface area contributed by atoms with Gasteiger partial charge in [0.05, 0.1) is 11.3 Å². The summed E-state index contributed by atoms with van der Waals surface area (Å²) < 4.78 is 38.7. The Labute approximate surface area is 122 Å². The van der Waals surface area contributed by atoms with Gasteiger partial charge in [-0.1, -0.05) is 0 Å². The fourth-order valence-corrected chi connectivity index (χ4v) is 3.10. The molecule has 3 rings (SSSR count). The van der Waals surface area contributed by atoms with E-state index in [1.165, 1.54) is 6.07 Å². The molecule has 1 unspecified atom stereocenters. The van der Waals surface area contributed by atoms with Crippen molar-refractivity contribution in [3.63, 3.8) is 0 Å². The molecule has 0 bridgehead atoms. The number of hydrogen-bond donors (Lipinski definition) is 0. The number of piperazine rings is 1. The van der Waals surface area contributed by atoms with Crippen LogP contribution in [0.1, 0.15) is 12.0 Å². The third-order valence-corrected chi connectivity index (χ3v) is 4.34. The van der Waals surface area contributed by atoms with Gasteiger partial charge in [-0.3, -0.25) is 0 Å². The number of halogens is 3. The van der Waals surface area contributed by atoms with Crippen LogP contribution in [0.15, 0.2) is 12.3 Å². The normalized spacial score (nSPS) is 23.6. The number of likely N-dealkylation sites (N-methyl/N-ethyl adjacent to an activating group) is 1. The molecule has 2 aliphatic rings. The molecule has 0 amide bonds. The number of aromatic nitrogens is 1. The van der Waals surface area contributed by atoms with E-state index in [0.29, 0.717) is 17.5 Å². The molecule has 21 heavy (non-hydrogen) atoms. The standard InChI is InChI=1S/C14H19F3N4/c1-19-5-6-21-11(9-19)3-4-20(2)12-7-10(14(15,16)17)8-18-13(12)21/h7-8,11H,3-6,9H2,1-2H3. The summed E-state index contributed by atoms with van der Waals surface area (Å²) in [5.74, 6) is 0.682. The second-order valence-electron chi connectivity index (χ2n) is 5.88. The Morgan fingerprint density at radius 1 is 1.19 bits per heavy atom. The second-order valence-corrected chi connectivity index (χ2v) is 5.88. The Bertz CT molecular complexity index is 531. The topological polar surface area (TPSA) is 22.6 Å². The molecule has 4 nitrogen and oxygen atoms in total. The Hall–Kier alpha value is -1.50. The van der Waals surface area contributed by atoms with Gasteiger partial charge in [0.25, 0.3) is 0 Å². The predicted molar refractivity (Wildman–Crippen MR) is 75.8 cm³/mol. The summed E-state index contributed by atoms with van der Waals surface area (Å²) in [4.78, 5) is 10.5. The first-order valence-electron chi connectivity index (χ1n) is 7.10. The molecule has 1 aromatic rings. The summed E-state index contributed by atoms with van der Waals surface area (Å²) in [6, 6.07) is 1.54. The molecule has 7 heteroatoms. The maximum absolute atomic E-state index is 12.9. The van der Waals surface area contributed by atoms with Gasteiger partial charge in [-0.15, -0.1) is 0 Å².